The molecule has 3 heterocycles. The topological polar surface area (TPSA) is 104 Å². The Balaban J connectivity index is 1.38. The summed E-state index contributed by atoms with van der Waals surface area (Å²) in [4.78, 5) is 33.3. The van der Waals surface area contributed by atoms with Crippen molar-refractivity contribution in [2.75, 3.05) is 18.0 Å². The van der Waals surface area contributed by atoms with Crippen molar-refractivity contribution in [3.63, 3.8) is 0 Å². The number of benzene rings is 1. The fourth-order valence-electron chi connectivity index (χ4n) is 3.14. The van der Waals surface area contributed by atoms with Crippen LogP contribution in [0.3, 0.4) is 0 Å². The van der Waals surface area contributed by atoms with E-state index in [1.165, 1.54) is 6.07 Å². The number of H-pyrrole nitrogens is 1. The van der Waals surface area contributed by atoms with Gasteiger partial charge in [0.1, 0.15) is 11.0 Å². The second-order valence-electron chi connectivity index (χ2n) is 6.41. The molecule has 1 aliphatic heterocycles. The van der Waals surface area contributed by atoms with Crippen molar-refractivity contribution in [2.24, 2.45) is 0 Å². The van der Waals surface area contributed by atoms with Gasteiger partial charge in [0.15, 0.2) is 0 Å². The first-order valence-corrected chi connectivity index (χ1v) is 9.17. The highest BCUT2D eigenvalue weighted by Crippen LogP contribution is 2.17. The van der Waals surface area contributed by atoms with Crippen molar-refractivity contribution in [1.29, 1.82) is 0 Å². The zero-order valence-corrected chi connectivity index (χ0v) is 15.0. The van der Waals surface area contributed by atoms with Gasteiger partial charge in [-0.15, -0.1) is 0 Å². The number of nitrogens with one attached hydrogen (secondary N) is 2. The van der Waals surface area contributed by atoms with Crippen LogP contribution in [0.4, 0.5) is 5.95 Å². The highest BCUT2D eigenvalue weighted by Gasteiger charge is 2.22. The predicted octanol–water partition coefficient (Wildman–Crippen LogP) is 1.48. The van der Waals surface area contributed by atoms with E-state index in [-0.39, 0.29) is 17.5 Å². The van der Waals surface area contributed by atoms with E-state index in [0.717, 1.165) is 48.7 Å². The number of aromatic amines is 1. The van der Waals surface area contributed by atoms with Crippen LogP contribution in [0.5, 0.6) is 0 Å². The van der Waals surface area contributed by atoms with Gasteiger partial charge in [-0.1, -0.05) is 0 Å². The summed E-state index contributed by atoms with van der Waals surface area (Å²) >= 11 is 1.14. The lowest BCUT2D eigenvalue weighted by molar-refractivity contribution is 0.0931. The summed E-state index contributed by atoms with van der Waals surface area (Å²) in [6, 6.07) is 6.93. The van der Waals surface area contributed by atoms with Gasteiger partial charge in [0.2, 0.25) is 5.95 Å². The predicted molar refractivity (Wildman–Crippen MR) is 99.7 cm³/mol. The van der Waals surface area contributed by atoms with Crippen molar-refractivity contribution in [3.8, 4) is 0 Å². The highest BCUT2D eigenvalue weighted by molar-refractivity contribution is 7.00. The van der Waals surface area contributed by atoms with Crippen molar-refractivity contribution in [3.05, 3.63) is 45.9 Å². The molecule has 0 spiro atoms. The molecule has 0 aliphatic carbocycles. The Labute approximate surface area is 153 Å². The number of aryl methyl sites for hydroxylation is 1. The maximum atomic E-state index is 12.5. The Hall–Kier alpha value is -2.81. The summed E-state index contributed by atoms with van der Waals surface area (Å²) in [5, 5.41) is 3.08. The molecule has 8 nitrogen and oxygen atoms in total. The number of hydrogen-bond acceptors (Lipinski definition) is 7. The summed E-state index contributed by atoms with van der Waals surface area (Å²) in [6.07, 6.45) is 1.59. The molecule has 134 valence electrons. The van der Waals surface area contributed by atoms with Crippen LogP contribution in [0.15, 0.2) is 29.1 Å². The normalized spacial score (nSPS) is 15.3. The number of piperidine rings is 1. The van der Waals surface area contributed by atoms with E-state index in [1.807, 2.05) is 11.0 Å². The van der Waals surface area contributed by atoms with E-state index in [9.17, 15) is 9.59 Å². The molecule has 4 rings (SSSR count). The monoisotopic (exact) mass is 370 g/mol. The average molecular weight is 370 g/mol. The van der Waals surface area contributed by atoms with Crippen LogP contribution < -0.4 is 15.8 Å². The first-order valence-electron chi connectivity index (χ1n) is 8.44. The molecule has 2 aromatic heterocycles. The molecule has 1 fully saturated rings. The lowest BCUT2D eigenvalue weighted by Crippen LogP contribution is -2.45. The van der Waals surface area contributed by atoms with Crippen LogP contribution in [-0.4, -0.2) is 43.8 Å². The number of fused-ring (bicyclic) bond motifs is 1. The molecule has 3 aromatic rings. The third-order valence-corrected chi connectivity index (χ3v) is 5.06. The van der Waals surface area contributed by atoms with Gasteiger partial charge in [-0.05, 0) is 38.0 Å². The van der Waals surface area contributed by atoms with E-state index in [0.29, 0.717) is 17.2 Å². The minimum absolute atomic E-state index is 0.0968. The fraction of sp³-hybridized carbons (Fsp3) is 0.353. The average Bonchev–Trinajstić information content (AvgIpc) is 3.09. The van der Waals surface area contributed by atoms with Crippen LogP contribution in [0, 0.1) is 6.92 Å². The lowest BCUT2D eigenvalue weighted by Gasteiger charge is -2.32. The second-order valence-corrected chi connectivity index (χ2v) is 6.94. The third-order valence-electron chi connectivity index (χ3n) is 4.50. The van der Waals surface area contributed by atoms with E-state index in [2.05, 4.69) is 24.0 Å². The van der Waals surface area contributed by atoms with Crippen molar-refractivity contribution < 1.29 is 4.79 Å². The van der Waals surface area contributed by atoms with Gasteiger partial charge in [-0.25, -0.2) is 4.98 Å². The molecule has 0 radical (unpaired) electrons. The van der Waals surface area contributed by atoms with E-state index in [4.69, 9.17) is 0 Å². The molecule has 2 N–H and O–H groups in total. The largest absolute Gasteiger partial charge is 0.349 e. The van der Waals surface area contributed by atoms with Crippen LogP contribution in [0.25, 0.3) is 11.0 Å². The zero-order chi connectivity index (χ0) is 18.1. The van der Waals surface area contributed by atoms with Gasteiger partial charge in [0.05, 0.1) is 11.7 Å². The molecule has 9 heteroatoms. The molecule has 1 saturated heterocycles. The number of anilines is 1. The smallest absolute Gasteiger partial charge is 0.252 e. The van der Waals surface area contributed by atoms with E-state index >= 15 is 0 Å². The molecule has 0 unspecified atom stereocenters. The molecular weight excluding hydrogens is 352 g/mol. The molecule has 1 aliphatic rings. The lowest BCUT2D eigenvalue weighted by atomic mass is 10.0. The van der Waals surface area contributed by atoms with Crippen LogP contribution >= 0.6 is 11.7 Å². The SMILES string of the molecule is Cc1cc(=O)[nH]c(N2CCC(NC(=O)c3ccc4nsnc4c3)CC2)n1. The Bertz CT molecular complexity index is 1010. The van der Waals surface area contributed by atoms with Gasteiger partial charge >= 0.3 is 0 Å². The third kappa shape index (κ3) is 3.43. The standard InChI is InChI=1S/C17H18N6O2S/c1-10-8-15(24)20-17(18-10)23-6-4-12(5-7-23)19-16(25)11-2-3-13-14(9-11)22-26-21-13/h2-3,8-9,12H,4-7H2,1H3,(H,19,25)(H,18,20,24). The summed E-state index contributed by atoms with van der Waals surface area (Å²) < 4.78 is 8.32. The fourth-order valence-corrected chi connectivity index (χ4v) is 3.66. The first kappa shape index (κ1) is 16.6. The van der Waals surface area contributed by atoms with Crippen molar-refractivity contribution in [2.45, 2.75) is 25.8 Å². The zero-order valence-electron chi connectivity index (χ0n) is 14.2. The molecule has 0 bridgehead atoms. The quantitative estimate of drug-likeness (QED) is 0.724. The number of nitrogens with zero attached hydrogens (tertiary/aromatic N) is 4. The Morgan fingerprint density at radius 1 is 1.23 bits per heavy atom. The molecule has 0 saturated carbocycles. The number of carbonyl (C=O) groups excluding carboxylic acids is 1. The maximum Gasteiger partial charge on any atom is 0.252 e. The molecule has 1 aromatic carbocycles. The molecular formula is C17H18N6O2S. The number of rotatable bonds is 3. The minimum Gasteiger partial charge on any atom is -0.349 e. The van der Waals surface area contributed by atoms with Gasteiger partial charge in [0, 0.05) is 36.5 Å². The number of carbonyl (C=O) groups is 1. The summed E-state index contributed by atoms with van der Waals surface area (Å²) in [5.41, 5.74) is 2.70. The van der Waals surface area contributed by atoms with Crippen LogP contribution in [-0.2, 0) is 0 Å². The number of aromatic nitrogens is 4. The van der Waals surface area contributed by atoms with E-state index in [1.54, 1.807) is 19.1 Å². The van der Waals surface area contributed by atoms with Crippen molar-refractivity contribution >= 4 is 34.6 Å². The number of hydrogen-bond donors (Lipinski definition) is 2. The van der Waals surface area contributed by atoms with Gasteiger partial charge in [0.25, 0.3) is 11.5 Å². The summed E-state index contributed by atoms with van der Waals surface area (Å²) in [6.45, 7) is 3.26. The maximum absolute atomic E-state index is 12.5. The molecule has 26 heavy (non-hydrogen) atoms. The van der Waals surface area contributed by atoms with Crippen LogP contribution in [0.1, 0.15) is 28.9 Å². The molecule has 0 atom stereocenters. The van der Waals surface area contributed by atoms with Gasteiger partial charge in [-0.2, -0.15) is 8.75 Å². The molecule has 1 amide bonds. The Morgan fingerprint density at radius 2 is 2.00 bits per heavy atom. The Kier molecular flexibility index (Phi) is 4.37. The Morgan fingerprint density at radius 3 is 2.77 bits per heavy atom. The minimum atomic E-state index is -0.144. The highest BCUT2D eigenvalue weighted by atomic mass is 32.1. The first-order chi connectivity index (χ1) is 12.6. The number of amides is 1. The summed E-state index contributed by atoms with van der Waals surface area (Å²) in [7, 11) is 0. The van der Waals surface area contributed by atoms with Gasteiger partial charge < -0.3 is 10.2 Å². The van der Waals surface area contributed by atoms with Crippen molar-refractivity contribution in [1.82, 2.24) is 24.0 Å². The summed E-state index contributed by atoms with van der Waals surface area (Å²) in [5.74, 6) is 0.502. The van der Waals surface area contributed by atoms with E-state index < -0.39 is 0 Å². The van der Waals surface area contributed by atoms with Gasteiger partial charge in [-0.3, -0.25) is 14.6 Å². The van der Waals surface area contributed by atoms with Crippen LogP contribution in [0.2, 0.25) is 0 Å². The second kappa shape index (κ2) is 6.83.